The van der Waals surface area contributed by atoms with Crippen LogP contribution in [-0.4, -0.2) is 76.9 Å². The fraction of sp³-hybridized carbons (Fsp3) is 0.694. The Morgan fingerprint density at radius 1 is 1.09 bits per heavy atom. The molecule has 2 aliphatic heterocycles. The molecule has 3 heterocycles. The Bertz CT molecular complexity index is 1460. The highest BCUT2D eigenvalue weighted by Gasteiger charge is 2.51. The maximum atomic E-state index is 14.5. The van der Waals surface area contributed by atoms with Crippen molar-refractivity contribution in [1.82, 2.24) is 20.2 Å². The summed E-state index contributed by atoms with van der Waals surface area (Å²) in [7, 11) is 1.61. The lowest BCUT2D eigenvalue weighted by atomic mass is 9.85. The maximum absolute atomic E-state index is 14.5. The minimum Gasteiger partial charge on any atom is -0.497 e. The number of ether oxygens (including phenoxy) is 4. The number of alkyl carbamates (subject to hydrolysis) is 1. The molecule has 1 aromatic heterocycles. The molecule has 11 nitrogen and oxygen atoms in total. The van der Waals surface area contributed by atoms with Gasteiger partial charge in [-0.25, -0.2) is 14.8 Å². The van der Waals surface area contributed by atoms with E-state index in [4.69, 9.17) is 28.9 Å². The minimum atomic E-state index is -1.03. The third-order valence-electron chi connectivity index (χ3n) is 10.1. The largest absolute Gasteiger partial charge is 0.497 e. The maximum Gasteiger partial charge on any atom is 0.410 e. The summed E-state index contributed by atoms with van der Waals surface area (Å²) in [6.45, 7) is 11.7. The van der Waals surface area contributed by atoms with Crippen molar-refractivity contribution in [2.45, 2.75) is 123 Å². The van der Waals surface area contributed by atoms with Gasteiger partial charge < -0.3 is 29.2 Å². The Morgan fingerprint density at radius 2 is 1.85 bits per heavy atom. The van der Waals surface area contributed by atoms with E-state index >= 15 is 0 Å². The number of hydrogen-bond donors (Lipinski definition) is 1. The number of nitrogens with zero attached hydrogens (tertiary/aromatic N) is 3. The number of nitrogens with one attached hydrogen (secondary N) is 1. The van der Waals surface area contributed by atoms with Crippen molar-refractivity contribution in [1.29, 1.82) is 0 Å². The molecule has 0 radical (unpaired) electrons. The number of benzene rings is 1. The molecular weight excluding hydrogens is 600 g/mol. The number of carbonyl (C=O) groups excluding carboxylic acids is 3. The van der Waals surface area contributed by atoms with Crippen molar-refractivity contribution in [3.63, 3.8) is 0 Å². The second-order valence-corrected chi connectivity index (χ2v) is 14.4. The quantitative estimate of drug-likeness (QED) is 0.413. The summed E-state index contributed by atoms with van der Waals surface area (Å²) in [5, 5.41) is 2.91. The van der Waals surface area contributed by atoms with Gasteiger partial charge in [-0.05, 0) is 69.9 Å². The van der Waals surface area contributed by atoms with E-state index in [0.29, 0.717) is 43.0 Å². The zero-order valence-corrected chi connectivity index (χ0v) is 29.1. The van der Waals surface area contributed by atoms with Gasteiger partial charge in [0.15, 0.2) is 5.78 Å². The molecule has 1 unspecified atom stereocenters. The molecule has 258 valence electrons. The zero-order valence-electron chi connectivity index (χ0n) is 29.1. The Labute approximate surface area is 278 Å². The van der Waals surface area contributed by atoms with E-state index in [0.717, 1.165) is 49.7 Å². The molecule has 0 spiro atoms. The monoisotopic (exact) mass is 652 g/mol. The lowest BCUT2D eigenvalue weighted by Gasteiger charge is -2.38. The van der Waals surface area contributed by atoms with Gasteiger partial charge in [-0.1, -0.05) is 40.5 Å². The molecule has 47 heavy (non-hydrogen) atoms. The fourth-order valence-electron chi connectivity index (χ4n) is 7.78. The van der Waals surface area contributed by atoms with Crippen LogP contribution >= 0.6 is 0 Å². The average molecular weight is 653 g/mol. The van der Waals surface area contributed by atoms with Crippen LogP contribution in [-0.2, 0) is 25.5 Å². The van der Waals surface area contributed by atoms with Crippen molar-refractivity contribution >= 4 is 28.8 Å². The molecule has 2 aromatic rings. The van der Waals surface area contributed by atoms with Crippen LogP contribution in [0.3, 0.4) is 0 Å². The highest BCUT2D eigenvalue weighted by Crippen LogP contribution is 2.43. The molecule has 1 aliphatic carbocycles. The number of fused-ring (bicyclic) bond motifs is 5. The van der Waals surface area contributed by atoms with Crippen molar-refractivity contribution in [3.05, 3.63) is 23.9 Å². The first kappa shape index (κ1) is 34.9. The number of rotatable bonds is 5. The molecule has 2 fully saturated rings. The topological polar surface area (TPSA) is 129 Å². The predicted octanol–water partition coefficient (Wildman–Crippen LogP) is 6.00. The number of Topliss-reactive ketones (excluding diaryl/α,β-unsaturated/α-hetero) is 1. The van der Waals surface area contributed by atoms with Crippen LogP contribution in [0.2, 0.25) is 0 Å². The summed E-state index contributed by atoms with van der Waals surface area (Å²) >= 11 is 0. The molecule has 1 aromatic carbocycles. The number of carbonyl (C=O) groups is 3. The van der Waals surface area contributed by atoms with Crippen LogP contribution in [0.1, 0.15) is 98.6 Å². The van der Waals surface area contributed by atoms with Gasteiger partial charge in [0.1, 0.15) is 23.6 Å². The first-order chi connectivity index (χ1) is 22.4. The van der Waals surface area contributed by atoms with E-state index in [1.165, 1.54) is 6.92 Å². The third kappa shape index (κ3) is 7.34. The van der Waals surface area contributed by atoms with Crippen LogP contribution in [0, 0.1) is 17.3 Å². The molecule has 1 saturated heterocycles. The highest BCUT2D eigenvalue weighted by molar-refractivity contribution is 5.92. The van der Waals surface area contributed by atoms with Crippen molar-refractivity contribution < 1.29 is 33.3 Å². The van der Waals surface area contributed by atoms with Gasteiger partial charge >= 0.3 is 6.09 Å². The second kappa shape index (κ2) is 14.3. The van der Waals surface area contributed by atoms with Crippen molar-refractivity contribution in [2.24, 2.45) is 17.3 Å². The molecular formula is C36H52N4O7. The molecule has 1 N–H and O–H groups in total. The van der Waals surface area contributed by atoms with Gasteiger partial charge in [-0.2, -0.15) is 0 Å². The molecule has 5 rings (SSSR count). The van der Waals surface area contributed by atoms with E-state index < -0.39 is 35.5 Å². The first-order valence-corrected chi connectivity index (χ1v) is 17.4. The number of amides is 2. The van der Waals surface area contributed by atoms with E-state index in [1.807, 2.05) is 52.8 Å². The molecule has 11 heteroatoms. The fourth-order valence-corrected chi connectivity index (χ4v) is 7.78. The summed E-state index contributed by atoms with van der Waals surface area (Å²) in [4.78, 5) is 52.8. The summed E-state index contributed by atoms with van der Waals surface area (Å²) < 4.78 is 24.5. The van der Waals surface area contributed by atoms with Crippen LogP contribution in [0.4, 0.5) is 4.79 Å². The third-order valence-corrected chi connectivity index (χ3v) is 10.1. The summed E-state index contributed by atoms with van der Waals surface area (Å²) in [5.74, 6) is -0.636. The lowest BCUT2D eigenvalue weighted by molar-refractivity contribution is -0.222. The predicted molar refractivity (Wildman–Crippen MR) is 177 cm³/mol. The number of hydrogen-bond acceptors (Lipinski definition) is 9. The SMILES string of the molecule is CCO[C@@]12CCCC1CCCCCc1nc3ccc(OC)cc3nc1O[C@H]1CN(C(=O)[C@H](C(C)(C)C)NC(=O)O2)[C@H](C(C)=O)[C@@H]1CC. The zero-order chi connectivity index (χ0) is 33.9. The Morgan fingerprint density at radius 3 is 2.53 bits per heavy atom. The number of ketones is 1. The lowest BCUT2D eigenvalue weighted by Crippen LogP contribution is -2.58. The summed E-state index contributed by atoms with van der Waals surface area (Å²) in [6, 6.07) is 3.94. The summed E-state index contributed by atoms with van der Waals surface area (Å²) in [6.07, 6.45) is 6.14. The summed E-state index contributed by atoms with van der Waals surface area (Å²) in [5.41, 5.74) is 1.48. The van der Waals surface area contributed by atoms with Crippen LogP contribution in [0.5, 0.6) is 11.6 Å². The van der Waals surface area contributed by atoms with Crippen molar-refractivity contribution in [3.8, 4) is 11.6 Å². The first-order valence-electron chi connectivity index (χ1n) is 17.4. The van der Waals surface area contributed by atoms with E-state index in [2.05, 4.69) is 5.32 Å². The second-order valence-electron chi connectivity index (χ2n) is 14.4. The van der Waals surface area contributed by atoms with E-state index in [1.54, 1.807) is 12.0 Å². The Hall–Kier alpha value is -3.47. The van der Waals surface area contributed by atoms with Gasteiger partial charge in [0.25, 0.3) is 0 Å². The van der Waals surface area contributed by atoms with Crippen molar-refractivity contribution in [2.75, 3.05) is 20.3 Å². The van der Waals surface area contributed by atoms with Crippen LogP contribution in [0.15, 0.2) is 18.2 Å². The molecule has 6 atom stereocenters. The molecule has 2 bridgehead atoms. The normalized spacial score (nSPS) is 29.2. The molecule has 3 aliphatic rings. The number of aromatic nitrogens is 2. The number of methoxy groups -OCH3 is 1. The Balaban J connectivity index is 1.57. The van der Waals surface area contributed by atoms with Gasteiger partial charge in [0.05, 0.1) is 30.7 Å². The van der Waals surface area contributed by atoms with Gasteiger partial charge in [0, 0.05) is 30.9 Å². The molecule has 2 amide bonds. The smallest absolute Gasteiger partial charge is 0.410 e. The van der Waals surface area contributed by atoms with Gasteiger partial charge in [-0.15, -0.1) is 0 Å². The van der Waals surface area contributed by atoms with Crippen LogP contribution < -0.4 is 14.8 Å². The van der Waals surface area contributed by atoms with Gasteiger partial charge in [-0.3, -0.25) is 9.59 Å². The minimum absolute atomic E-state index is 0.0527. The molecule has 1 saturated carbocycles. The average Bonchev–Trinajstić information content (AvgIpc) is 3.59. The number of aryl methyl sites for hydroxylation is 1. The van der Waals surface area contributed by atoms with Crippen LogP contribution in [0.25, 0.3) is 11.0 Å². The Kier molecular flexibility index (Phi) is 10.6. The van der Waals surface area contributed by atoms with E-state index in [9.17, 15) is 14.4 Å². The highest BCUT2D eigenvalue weighted by atomic mass is 16.7. The van der Waals surface area contributed by atoms with E-state index in [-0.39, 0.29) is 30.1 Å². The standard InChI is InChI=1S/C36H52N4O7/c1-8-25-29-21-40(30(25)22(3)41)33(42)31(35(4,5)6)39-34(43)47-36(45-9-2)19-13-15-23(36)14-11-10-12-16-27-32(46-29)38-28-20-24(44-7)17-18-26(28)37-27/h17-18,20,23,25,29-31H,8-16,19,21H2,1-7H3,(H,39,43)/t23?,25-,29+,30-,31-,36-/m1/s1. The van der Waals surface area contributed by atoms with Gasteiger partial charge in [0.2, 0.25) is 17.6 Å².